The standard InChI is InChI=1S/C23H30N2OS/c1-4-25-21(26)19-20(24-22(25)27-5-2)18-14-10-9-11-16(18)15-23(19,3)17-12-7-6-8-13-17/h9-11,14,17H,4-8,12-13,15H2,1-3H3. The Morgan fingerprint density at radius 2 is 1.93 bits per heavy atom. The van der Waals surface area contributed by atoms with E-state index in [1.165, 1.54) is 43.2 Å². The zero-order valence-electron chi connectivity index (χ0n) is 16.8. The molecule has 0 spiro atoms. The molecule has 2 aliphatic carbocycles. The largest absolute Gasteiger partial charge is 0.288 e. The molecule has 27 heavy (non-hydrogen) atoms. The van der Waals surface area contributed by atoms with E-state index < -0.39 is 0 Å². The average Bonchev–Trinajstić information content (AvgIpc) is 2.69. The van der Waals surface area contributed by atoms with Gasteiger partial charge in [0.25, 0.3) is 5.56 Å². The highest BCUT2D eigenvalue weighted by Gasteiger charge is 2.44. The van der Waals surface area contributed by atoms with E-state index in [1.54, 1.807) is 11.8 Å². The summed E-state index contributed by atoms with van der Waals surface area (Å²) in [6, 6.07) is 8.59. The van der Waals surface area contributed by atoms with Crippen LogP contribution in [0.1, 0.15) is 64.0 Å². The first-order valence-corrected chi connectivity index (χ1v) is 11.4. The third kappa shape index (κ3) is 3.06. The first-order valence-electron chi connectivity index (χ1n) is 10.5. The molecule has 2 aliphatic rings. The maximum absolute atomic E-state index is 13.7. The van der Waals surface area contributed by atoms with Crippen molar-refractivity contribution in [2.75, 3.05) is 5.75 Å². The molecule has 1 aromatic heterocycles. The van der Waals surface area contributed by atoms with Gasteiger partial charge < -0.3 is 0 Å². The predicted molar refractivity (Wildman–Crippen MR) is 114 cm³/mol. The van der Waals surface area contributed by atoms with Crippen LogP contribution >= 0.6 is 11.8 Å². The highest BCUT2D eigenvalue weighted by atomic mass is 32.2. The van der Waals surface area contributed by atoms with E-state index in [1.807, 2.05) is 4.57 Å². The van der Waals surface area contributed by atoms with Crippen LogP contribution in [0.2, 0.25) is 0 Å². The third-order valence-corrected chi connectivity index (χ3v) is 7.49. The van der Waals surface area contributed by atoms with E-state index in [2.05, 4.69) is 45.0 Å². The number of thioether (sulfide) groups is 1. The van der Waals surface area contributed by atoms with E-state index in [0.717, 1.165) is 28.6 Å². The van der Waals surface area contributed by atoms with Crippen LogP contribution in [0.3, 0.4) is 0 Å². The Kier molecular flexibility index (Phi) is 5.19. The van der Waals surface area contributed by atoms with Gasteiger partial charge in [-0.3, -0.25) is 9.36 Å². The number of benzene rings is 1. The second-order valence-corrected chi connectivity index (χ2v) is 9.42. The molecule has 1 aromatic carbocycles. The van der Waals surface area contributed by atoms with Gasteiger partial charge in [-0.15, -0.1) is 0 Å². The van der Waals surface area contributed by atoms with Crippen LogP contribution in [0.25, 0.3) is 11.3 Å². The number of rotatable bonds is 4. The van der Waals surface area contributed by atoms with Gasteiger partial charge in [0.1, 0.15) is 0 Å². The summed E-state index contributed by atoms with van der Waals surface area (Å²) in [5.41, 5.74) is 4.54. The van der Waals surface area contributed by atoms with Crippen molar-refractivity contribution in [1.29, 1.82) is 0 Å². The zero-order valence-corrected chi connectivity index (χ0v) is 17.6. The molecule has 0 N–H and O–H groups in total. The van der Waals surface area contributed by atoms with Gasteiger partial charge in [0.15, 0.2) is 5.16 Å². The van der Waals surface area contributed by atoms with Crippen molar-refractivity contribution in [3.05, 3.63) is 45.7 Å². The van der Waals surface area contributed by atoms with Crippen LogP contribution in [0.5, 0.6) is 0 Å². The number of fused-ring (bicyclic) bond motifs is 3. The molecule has 1 fully saturated rings. The smallest absolute Gasteiger partial charge is 0.258 e. The van der Waals surface area contributed by atoms with Crippen molar-refractivity contribution in [2.24, 2.45) is 5.92 Å². The lowest BCUT2D eigenvalue weighted by Gasteiger charge is -2.44. The van der Waals surface area contributed by atoms with Gasteiger partial charge in [0.05, 0.1) is 11.3 Å². The lowest BCUT2D eigenvalue weighted by atomic mass is 9.60. The Morgan fingerprint density at radius 1 is 1.19 bits per heavy atom. The summed E-state index contributed by atoms with van der Waals surface area (Å²) in [6.07, 6.45) is 7.33. The van der Waals surface area contributed by atoms with Gasteiger partial charge in [-0.2, -0.15) is 0 Å². The maximum Gasteiger partial charge on any atom is 0.258 e. The van der Waals surface area contributed by atoms with Crippen LogP contribution in [0.4, 0.5) is 0 Å². The molecular formula is C23H30N2OS. The maximum atomic E-state index is 13.7. The Balaban J connectivity index is 1.99. The van der Waals surface area contributed by atoms with Gasteiger partial charge in [0, 0.05) is 17.5 Å². The molecular weight excluding hydrogens is 352 g/mol. The number of nitrogens with zero attached hydrogens (tertiary/aromatic N) is 2. The summed E-state index contributed by atoms with van der Waals surface area (Å²) in [7, 11) is 0. The molecule has 0 saturated heterocycles. The Morgan fingerprint density at radius 3 is 2.63 bits per heavy atom. The fourth-order valence-electron chi connectivity index (χ4n) is 5.24. The second-order valence-electron chi connectivity index (χ2n) is 8.19. The van der Waals surface area contributed by atoms with Crippen LogP contribution in [0.15, 0.2) is 34.2 Å². The van der Waals surface area contributed by atoms with Crippen LogP contribution in [-0.2, 0) is 18.4 Å². The van der Waals surface area contributed by atoms with E-state index in [-0.39, 0.29) is 11.0 Å². The lowest BCUT2D eigenvalue weighted by molar-refractivity contribution is 0.212. The number of aromatic nitrogens is 2. The van der Waals surface area contributed by atoms with Gasteiger partial charge >= 0.3 is 0 Å². The zero-order chi connectivity index (χ0) is 19.0. The lowest BCUT2D eigenvalue weighted by Crippen LogP contribution is -2.45. The first-order chi connectivity index (χ1) is 13.1. The minimum Gasteiger partial charge on any atom is -0.288 e. The average molecular weight is 383 g/mol. The molecule has 1 heterocycles. The Labute approximate surface area is 166 Å². The summed E-state index contributed by atoms with van der Waals surface area (Å²) in [4.78, 5) is 18.8. The van der Waals surface area contributed by atoms with Crippen LogP contribution in [-0.4, -0.2) is 15.3 Å². The van der Waals surface area contributed by atoms with Crippen molar-refractivity contribution in [1.82, 2.24) is 9.55 Å². The van der Waals surface area contributed by atoms with E-state index in [0.29, 0.717) is 12.5 Å². The quantitative estimate of drug-likeness (QED) is 0.522. The molecule has 144 valence electrons. The van der Waals surface area contributed by atoms with Gasteiger partial charge in [-0.25, -0.2) is 4.98 Å². The third-order valence-electron chi connectivity index (χ3n) is 6.63. The molecule has 3 nitrogen and oxygen atoms in total. The molecule has 0 bridgehead atoms. The SMILES string of the molecule is CCSc1nc2c(c(=O)n1CC)C(C)(C1CCCCC1)Cc1ccccc1-2. The minimum atomic E-state index is -0.111. The van der Waals surface area contributed by atoms with Crippen molar-refractivity contribution >= 4 is 11.8 Å². The molecule has 1 saturated carbocycles. The van der Waals surface area contributed by atoms with Gasteiger partial charge in [-0.05, 0) is 43.4 Å². The van der Waals surface area contributed by atoms with Crippen LogP contribution in [0, 0.1) is 5.92 Å². The van der Waals surface area contributed by atoms with Crippen molar-refractivity contribution in [2.45, 2.75) is 76.4 Å². The van der Waals surface area contributed by atoms with Crippen LogP contribution < -0.4 is 5.56 Å². The van der Waals surface area contributed by atoms with Gasteiger partial charge in [0.2, 0.25) is 0 Å². The van der Waals surface area contributed by atoms with E-state index >= 15 is 0 Å². The first kappa shape index (κ1) is 18.8. The summed E-state index contributed by atoms with van der Waals surface area (Å²) in [6.45, 7) is 7.21. The van der Waals surface area contributed by atoms with Crippen molar-refractivity contribution < 1.29 is 0 Å². The summed E-state index contributed by atoms with van der Waals surface area (Å²) >= 11 is 1.68. The Hall–Kier alpha value is -1.55. The molecule has 0 radical (unpaired) electrons. The monoisotopic (exact) mass is 382 g/mol. The molecule has 4 rings (SSSR count). The molecule has 2 aromatic rings. The van der Waals surface area contributed by atoms with Crippen molar-refractivity contribution in [3.63, 3.8) is 0 Å². The molecule has 1 unspecified atom stereocenters. The Bertz CT molecular complexity index is 898. The fraction of sp³-hybridized carbons (Fsp3) is 0.565. The second kappa shape index (κ2) is 7.46. The molecule has 1 atom stereocenters. The molecule has 4 heteroatoms. The normalized spacial score (nSPS) is 22.3. The number of hydrogen-bond donors (Lipinski definition) is 0. The topological polar surface area (TPSA) is 34.9 Å². The molecule has 0 aliphatic heterocycles. The van der Waals surface area contributed by atoms with Gasteiger partial charge in [-0.1, -0.05) is 69.1 Å². The fourth-order valence-corrected chi connectivity index (χ4v) is 6.02. The summed E-state index contributed by atoms with van der Waals surface area (Å²) in [5, 5.41) is 0.867. The highest BCUT2D eigenvalue weighted by Crippen LogP contribution is 2.49. The van der Waals surface area contributed by atoms with E-state index in [9.17, 15) is 4.79 Å². The number of hydrogen-bond acceptors (Lipinski definition) is 3. The van der Waals surface area contributed by atoms with E-state index in [4.69, 9.17) is 4.98 Å². The summed E-state index contributed by atoms with van der Waals surface area (Å²) in [5.74, 6) is 1.50. The summed E-state index contributed by atoms with van der Waals surface area (Å²) < 4.78 is 1.90. The predicted octanol–water partition coefficient (Wildman–Crippen LogP) is 5.44. The highest BCUT2D eigenvalue weighted by molar-refractivity contribution is 7.99. The minimum absolute atomic E-state index is 0.111. The molecule has 0 amide bonds. The van der Waals surface area contributed by atoms with Crippen molar-refractivity contribution in [3.8, 4) is 11.3 Å².